The first-order chi connectivity index (χ1) is 10.7. The zero-order valence-electron chi connectivity index (χ0n) is 12.7. The van der Waals surface area contributed by atoms with Crippen LogP contribution in [0.2, 0.25) is 0 Å². The Morgan fingerprint density at radius 2 is 1.86 bits per heavy atom. The third kappa shape index (κ3) is 4.81. The Morgan fingerprint density at radius 1 is 1.14 bits per heavy atom. The molecular weight excluding hydrogens is 278 g/mol. The highest BCUT2D eigenvalue weighted by Gasteiger charge is 2.05. The van der Waals surface area contributed by atoms with Crippen LogP contribution in [-0.4, -0.2) is 24.2 Å². The lowest BCUT2D eigenvalue weighted by Crippen LogP contribution is -2.27. The normalized spacial score (nSPS) is 10.2. The first-order valence-electron chi connectivity index (χ1n) is 7.44. The van der Waals surface area contributed by atoms with Gasteiger partial charge in [-0.2, -0.15) is 0 Å². The van der Waals surface area contributed by atoms with Crippen LogP contribution >= 0.6 is 0 Å². The van der Waals surface area contributed by atoms with Crippen molar-refractivity contribution in [3.8, 4) is 11.5 Å². The molecule has 1 amide bonds. The van der Waals surface area contributed by atoms with E-state index in [2.05, 4.69) is 5.32 Å². The van der Waals surface area contributed by atoms with Crippen LogP contribution in [0.5, 0.6) is 11.5 Å². The van der Waals surface area contributed by atoms with Gasteiger partial charge in [-0.05, 0) is 42.7 Å². The predicted molar refractivity (Wildman–Crippen MR) is 86.1 cm³/mol. The van der Waals surface area contributed by atoms with Crippen molar-refractivity contribution in [1.82, 2.24) is 5.32 Å². The van der Waals surface area contributed by atoms with Gasteiger partial charge in [0.05, 0.1) is 13.0 Å². The van der Waals surface area contributed by atoms with Gasteiger partial charge in [0.25, 0.3) is 0 Å². The highest BCUT2D eigenvalue weighted by molar-refractivity contribution is 5.78. The maximum atomic E-state index is 11.9. The number of phenols is 1. The molecule has 0 aromatic heterocycles. The van der Waals surface area contributed by atoms with Crippen LogP contribution in [0.4, 0.5) is 0 Å². The first-order valence-corrected chi connectivity index (χ1v) is 7.44. The van der Waals surface area contributed by atoms with Crippen LogP contribution < -0.4 is 10.1 Å². The summed E-state index contributed by atoms with van der Waals surface area (Å²) < 4.78 is 5.37. The average Bonchev–Trinajstić information content (AvgIpc) is 2.51. The van der Waals surface area contributed by atoms with E-state index in [4.69, 9.17) is 4.74 Å². The molecule has 0 saturated heterocycles. The van der Waals surface area contributed by atoms with E-state index in [9.17, 15) is 9.90 Å². The molecule has 22 heavy (non-hydrogen) atoms. The Hall–Kier alpha value is -2.49. The van der Waals surface area contributed by atoms with E-state index in [1.54, 1.807) is 12.1 Å². The number of phenolic OH excluding ortho intramolecular Hbond substituents is 1. The van der Waals surface area contributed by atoms with Crippen LogP contribution in [0.3, 0.4) is 0 Å². The molecule has 2 aromatic rings. The summed E-state index contributed by atoms with van der Waals surface area (Å²) in [6.45, 7) is 3.07. The van der Waals surface area contributed by atoms with E-state index in [1.807, 2.05) is 43.3 Å². The largest absolute Gasteiger partial charge is 0.508 e. The quantitative estimate of drug-likeness (QED) is 0.826. The summed E-state index contributed by atoms with van der Waals surface area (Å²) >= 11 is 0. The van der Waals surface area contributed by atoms with E-state index < -0.39 is 0 Å². The fourth-order valence-electron chi connectivity index (χ4n) is 2.18. The number of hydrogen-bond acceptors (Lipinski definition) is 3. The number of benzene rings is 2. The Bertz CT molecular complexity index is 608. The van der Waals surface area contributed by atoms with Crippen LogP contribution in [-0.2, 0) is 17.6 Å². The zero-order chi connectivity index (χ0) is 15.8. The van der Waals surface area contributed by atoms with Gasteiger partial charge in [-0.15, -0.1) is 0 Å². The van der Waals surface area contributed by atoms with Gasteiger partial charge in [0.2, 0.25) is 5.91 Å². The molecule has 0 radical (unpaired) electrons. The lowest BCUT2D eigenvalue weighted by atomic mass is 10.1. The monoisotopic (exact) mass is 299 g/mol. The maximum Gasteiger partial charge on any atom is 0.224 e. The molecule has 116 valence electrons. The summed E-state index contributed by atoms with van der Waals surface area (Å²) in [5.74, 6) is 1.05. The Kier molecular flexibility index (Phi) is 5.83. The third-order valence-electron chi connectivity index (χ3n) is 3.31. The number of carbonyl (C=O) groups excluding carboxylic acids is 1. The van der Waals surface area contributed by atoms with Gasteiger partial charge >= 0.3 is 0 Å². The Balaban J connectivity index is 1.77. The Morgan fingerprint density at radius 3 is 2.55 bits per heavy atom. The second kappa shape index (κ2) is 8.08. The van der Waals surface area contributed by atoms with Gasteiger partial charge in [0.1, 0.15) is 11.5 Å². The van der Waals surface area contributed by atoms with Crippen molar-refractivity contribution in [2.75, 3.05) is 13.2 Å². The standard InChI is InChI=1S/C18H21NO3/c1-2-22-16-9-7-14(8-10-16)13-18(21)19-12-11-15-5-3-4-6-17(15)20/h3-10,20H,2,11-13H2,1H3,(H,19,21). The van der Waals surface area contributed by atoms with Gasteiger partial charge in [0.15, 0.2) is 0 Å². The number of amides is 1. The van der Waals surface area contributed by atoms with Gasteiger partial charge < -0.3 is 15.2 Å². The minimum absolute atomic E-state index is 0.0282. The molecule has 0 aliphatic rings. The molecule has 4 heteroatoms. The van der Waals surface area contributed by atoms with Crippen molar-refractivity contribution >= 4 is 5.91 Å². The highest BCUT2D eigenvalue weighted by atomic mass is 16.5. The second-order valence-electron chi connectivity index (χ2n) is 4.98. The highest BCUT2D eigenvalue weighted by Crippen LogP contribution is 2.15. The van der Waals surface area contributed by atoms with Gasteiger partial charge in [-0.1, -0.05) is 30.3 Å². The van der Waals surface area contributed by atoms with Crippen LogP contribution in [0.1, 0.15) is 18.1 Å². The molecule has 2 aromatic carbocycles. The molecule has 0 atom stereocenters. The smallest absolute Gasteiger partial charge is 0.224 e. The summed E-state index contributed by atoms with van der Waals surface area (Å²) in [6, 6.07) is 14.7. The van der Waals surface area contributed by atoms with Gasteiger partial charge in [-0.3, -0.25) is 4.79 Å². The molecule has 0 unspecified atom stereocenters. The third-order valence-corrected chi connectivity index (χ3v) is 3.31. The lowest BCUT2D eigenvalue weighted by molar-refractivity contribution is -0.120. The van der Waals surface area contributed by atoms with E-state index >= 15 is 0 Å². The minimum Gasteiger partial charge on any atom is -0.508 e. The number of ether oxygens (including phenoxy) is 1. The number of para-hydroxylation sites is 1. The zero-order valence-corrected chi connectivity index (χ0v) is 12.7. The molecule has 0 bridgehead atoms. The maximum absolute atomic E-state index is 11.9. The first kappa shape index (κ1) is 15.9. The number of aromatic hydroxyl groups is 1. The number of hydrogen-bond donors (Lipinski definition) is 2. The molecule has 4 nitrogen and oxygen atoms in total. The molecule has 0 fully saturated rings. The van der Waals surface area contributed by atoms with Crippen molar-refractivity contribution < 1.29 is 14.6 Å². The fourth-order valence-corrected chi connectivity index (χ4v) is 2.18. The van der Waals surface area contributed by atoms with E-state index in [0.29, 0.717) is 26.0 Å². The van der Waals surface area contributed by atoms with Crippen molar-refractivity contribution in [2.45, 2.75) is 19.8 Å². The van der Waals surface area contributed by atoms with Crippen molar-refractivity contribution in [3.63, 3.8) is 0 Å². The van der Waals surface area contributed by atoms with Crippen LogP contribution in [0.25, 0.3) is 0 Å². The molecule has 2 N–H and O–H groups in total. The molecule has 0 saturated carbocycles. The second-order valence-corrected chi connectivity index (χ2v) is 4.98. The minimum atomic E-state index is -0.0282. The van der Waals surface area contributed by atoms with Crippen molar-refractivity contribution in [2.24, 2.45) is 0 Å². The summed E-state index contributed by atoms with van der Waals surface area (Å²) in [6.07, 6.45) is 0.953. The average molecular weight is 299 g/mol. The summed E-state index contributed by atoms with van der Waals surface area (Å²) in [7, 11) is 0. The van der Waals surface area contributed by atoms with E-state index in [-0.39, 0.29) is 11.7 Å². The Labute approximate surface area is 130 Å². The predicted octanol–water partition coefficient (Wildman–Crippen LogP) is 2.69. The molecule has 0 spiro atoms. The van der Waals surface area contributed by atoms with Crippen LogP contribution in [0, 0.1) is 0 Å². The number of nitrogens with one attached hydrogen (secondary N) is 1. The summed E-state index contributed by atoms with van der Waals surface area (Å²) in [5.41, 5.74) is 1.78. The fraction of sp³-hybridized carbons (Fsp3) is 0.278. The molecule has 0 heterocycles. The van der Waals surface area contributed by atoms with E-state index in [1.165, 1.54) is 0 Å². The number of rotatable bonds is 7. The lowest BCUT2D eigenvalue weighted by Gasteiger charge is -2.07. The number of carbonyl (C=O) groups is 1. The topological polar surface area (TPSA) is 58.6 Å². The molecular formula is C18H21NO3. The van der Waals surface area contributed by atoms with Crippen LogP contribution in [0.15, 0.2) is 48.5 Å². The van der Waals surface area contributed by atoms with Crippen molar-refractivity contribution in [3.05, 3.63) is 59.7 Å². The van der Waals surface area contributed by atoms with E-state index in [0.717, 1.165) is 16.9 Å². The van der Waals surface area contributed by atoms with Gasteiger partial charge in [-0.25, -0.2) is 0 Å². The summed E-state index contributed by atoms with van der Waals surface area (Å²) in [5, 5.41) is 12.5. The molecule has 0 aliphatic carbocycles. The molecule has 2 rings (SSSR count). The van der Waals surface area contributed by atoms with Crippen molar-refractivity contribution in [1.29, 1.82) is 0 Å². The SMILES string of the molecule is CCOc1ccc(CC(=O)NCCc2ccccc2O)cc1. The summed E-state index contributed by atoms with van der Waals surface area (Å²) in [4.78, 5) is 11.9. The van der Waals surface area contributed by atoms with Gasteiger partial charge in [0, 0.05) is 6.54 Å². The molecule has 0 aliphatic heterocycles.